The molecule has 0 saturated carbocycles. The van der Waals surface area contributed by atoms with E-state index in [4.69, 9.17) is 0 Å². The number of carboxylic acids is 1. The number of carboxylic acid groups (broad SMARTS) is 1. The lowest BCUT2D eigenvalue weighted by molar-refractivity contribution is -0.306. The summed E-state index contributed by atoms with van der Waals surface area (Å²) in [6, 6.07) is 15.2. The van der Waals surface area contributed by atoms with Crippen LogP contribution in [-0.2, 0) is 14.8 Å². The molecule has 0 bridgehead atoms. The fourth-order valence-corrected chi connectivity index (χ4v) is 4.86. The average Bonchev–Trinajstić information content (AvgIpc) is 2.99. The fraction of sp³-hybridized carbons (Fsp3) is 0.100. The summed E-state index contributed by atoms with van der Waals surface area (Å²) < 4.78 is 28.7. The number of hydrogen-bond acceptors (Lipinski definition) is 5. The van der Waals surface area contributed by atoms with Gasteiger partial charge in [-0.05, 0) is 23.8 Å². The molecule has 1 aliphatic rings. The van der Waals surface area contributed by atoms with Gasteiger partial charge in [0.05, 0.1) is 10.9 Å². The molecule has 8 heteroatoms. The van der Waals surface area contributed by atoms with E-state index in [1.54, 1.807) is 48.5 Å². The first-order chi connectivity index (χ1) is 13.4. The summed E-state index contributed by atoms with van der Waals surface area (Å²) in [4.78, 5) is 23.2. The molecule has 28 heavy (non-hydrogen) atoms. The smallest absolute Gasteiger partial charge is 0.256 e. The van der Waals surface area contributed by atoms with Gasteiger partial charge >= 0.3 is 0 Å². The summed E-state index contributed by atoms with van der Waals surface area (Å²) in [6.07, 6.45) is -0.509. The van der Waals surface area contributed by atoms with E-state index in [9.17, 15) is 23.1 Å². The Balaban J connectivity index is 1.79. The summed E-state index contributed by atoms with van der Waals surface area (Å²) in [7, 11) is -4.08. The van der Waals surface area contributed by atoms with Gasteiger partial charge in [0, 0.05) is 34.4 Å². The molecular formula is C20H15N2O5S-. The van der Waals surface area contributed by atoms with Crippen molar-refractivity contribution < 1.29 is 23.1 Å². The lowest BCUT2D eigenvalue weighted by Crippen LogP contribution is -2.34. The van der Waals surface area contributed by atoms with Crippen molar-refractivity contribution in [2.45, 2.75) is 17.4 Å². The summed E-state index contributed by atoms with van der Waals surface area (Å²) in [6.45, 7) is 0. The summed E-state index contributed by atoms with van der Waals surface area (Å²) >= 11 is 0. The third-order valence-electron chi connectivity index (χ3n) is 4.65. The second-order valence-corrected chi connectivity index (χ2v) is 8.14. The maximum Gasteiger partial charge on any atom is 0.256 e. The molecule has 0 saturated heterocycles. The Labute approximate surface area is 161 Å². The number of nitrogens with one attached hydrogen (secondary N) is 2. The van der Waals surface area contributed by atoms with E-state index in [0.29, 0.717) is 27.6 Å². The number of sulfonamides is 1. The lowest BCUT2D eigenvalue weighted by Gasteiger charge is -2.20. The van der Waals surface area contributed by atoms with Gasteiger partial charge in [0.2, 0.25) is 10.0 Å². The van der Waals surface area contributed by atoms with Crippen molar-refractivity contribution >= 4 is 38.4 Å². The van der Waals surface area contributed by atoms with Gasteiger partial charge in [-0.1, -0.05) is 42.5 Å². The molecule has 0 spiro atoms. The van der Waals surface area contributed by atoms with E-state index in [0.717, 1.165) is 0 Å². The number of anilines is 1. The first kappa shape index (κ1) is 18.1. The summed E-state index contributed by atoms with van der Waals surface area (Å²) in [5.74, 6) is -1.66. The normalized spacial score (nSPS) is 14.1. The van der Waals surface area contributed by atoms with Crippen LogP contribution in [-0.4, -0.2) is 20.3 Å². The minimum atomic E-state index is -4.08. The second-order valence-electron chi connectivity index (χ2n) is 6.45. The van der Waals surface area contributed by atoms with Crippen molar-refractivity contribution in [3.63, 3.8) is 0 Å². The van der Waals surface area contributed by atoms with Crippen LogP contribution >= 0.6 is 0 Å². The molecule has 1 atom stereocenters. The van der Waals surface area contributed by atoms with E-state index < -0.39 is 28.5 Å². The predicted octanol–water partition coefficient (Wildman–Crippen LogP) is 1.57. The van der Waals surface area contributed by atoms with E-state index in [1.807, 2.05) is 0 Å². The van der Waals surface area contributed by atoms with Crippen molar-refractivity contribution in [3.8, 4) is 0 Å². The van der Waals surface area contributed by atoms with Gasteiger partial charge in [0.25, 0.3) is 5.91 Å². The molecule has 142 valence electrons. The molecule has 0 unspecified atom stereocenters. The van der Waals surface area contributed by atoms with Crippen LogP contribution in [0, 0.1) is 0 Å². The molecule has 3 aromatic rings. The van der Waals surface area contributed by atoms with E-state index in [2.05, 4.69) is 10.0 Å². The van der Waals surface area contributed by atoms with E-state index in [1.165, 1.54) is 12.1 Å². The van der Waals surface area contributed by atoms with Crippen LogP contribution in [0.2, 0.25) is 0 Å². The van der Waals surface area contributed by atoms with Crippen molar-refractivity contribution in [1.29, 1.82) is 0 Å². The van der Waals surface area contributed by atoms with Crippen LogP contribution in [0.4, 0.5) is 5.69 Å². The molecule has 0 aliphatic carbocycles. The Morgan fingerprint density at radius 3 is 2.50 bits per heavy atom. The lowest BCUT2D eigenvalue weighted by atomic mass is 10.1. The molecule has 1 heterocycles. The minimum absolute atomic E-state index is 0.0242. The number of amides is 1. The van der Waals surface area contributed by atoms with Crippen LogP contribution in [0.1, 0.15) is 28.4 Å². The van der Waals surface area contributed by atoms with Gasteiger partial charge in [-0.15, -0.1) is 0 Å². The monoisotopic (exact) mass is 395 g/mol. The summed E-state index contributed by atoms with van der Waals surface area (Å²) in [5.41, 5.74) is 1.46. The van der Waals surface area contributed by atoms with Crippen molar-refractivity contribution in [1.82, 2.24) is 4.72 Å². The van der Waals surface area contributed by atoms with Crippen molar-refractivity contribution in [2.75, 3.05) is 5.32 Å². The number of rotatable bonds is 6. The van der Waals surface area contributed by atoms with Crippen molar-refractivity contribution in [3.05, 3.63) is 71.8 Å². The third-order valence-corrected chi connectivity index (χ3v) is 6.18. The molecular weight excluding hydrogens is 380 g/mol. The van der Waals surface area contributed by atoms with Crippen LogP contribution < -0.4 is 15.1 Å². The quantitative estimate of drug-likeness (QED) is 0.657. The van der Waals surface area contributed by atoms with Crippen molar-refractivity contribution in [2.24, 2.45) is 0 Å². The van der Waals surface area contributed by atoms with Gasteiger partial charge in [0.1, 0.15) is 0 Å². The van der Waals surface area contributed by atoms with Gasteiger partial charge in [-0.3, -0.25) is 4.79 Å². The SMILES string of the molecule is O=C([O-])C[C@H](NS(=O)(=O)c1ccc2c3c(cccc13)C(=O)N2)c1ccccc1. The highest BCUT2D eigenvalue weighted by Gasteiger charge is 2.28. The van der Waals surface area contributed by atoms with Crippen LogP contribution in [0.3, 0.4) is 0 Å². The number of aliphatic carboxylic acids is 1. The maximum atomic E-state index is 13.1. The topological polar surface area (TPSA) is 115 Å². The highest BCUT2D eigenvalue weighted by molar-refractivity contribution is 7.89. The van der Waals surface area contributed by atoms with Crippen LogP contribution in [0.25, 0.3) is 10.8 Å². The zero-order valence-electron chi connectivity index (χ0n) is 14.5. The molecule has 0 fully saturated rings. The third kappa shape index (κ3) is 3.12. The van der Waals surface area contributed by atoms with E-state index in [-0.39, 0.29) is 10.8 Å². The van der Waals surface area contributed by atoms with Crippen LogP contribution in [0.15, 0.2) is 65.6 Å². The molecule has 1 aliphatic heterocycles. The maximum absolute atomic E-state index is 13.1. The molecule has 1 amide bonds. The molecule has 4 rings (SSSR count). The Hall–Kier alpha value is -3.23. The highest BCUT2D eigenvalue weighted by atomic mass is 32.2. The van der Waals surface area contributed by atoms with Gasteiger partial charge in [0.15, 0.2) is 0 Å². The molecule has 0 radical (unpaired) electrons. The first-order valence-electron chi connectivity index (χ1n) is 8.51. The summed E-state index contributed by atoms with van der Waals surface area (Å²) in [5, 5.41) is 14.8. The van der Waals surface area contributed by atoms with Gasteiger partial charge in [-0.25, -0.2) is 13.1 Å². The van der Waals surface area contributed by atoms with Gasteiger partial charge in [-0.2, -0.15) is 0 Å². The zero-order valence-corrected chi connectivity index (χ0v) is 15.3. The molecule has 0 aromatic heterocycles. The average molecular weight is 395 g/mol. The Morgan fingerprint density at radius 1 is 1.04 bits per heavy atom. The minimum Gasteiger partial charge on any atom is -0.550 e. The number of benzene rings is 3. The van der Waals surface area contributed by atoms with Gasteiger partial charge < -0.3 is 15.2 Å². The highest BCUT2D eigenvalue weighted by Crippen LogP contribution is 2.36. The predicted molar refractivity (Wildman–Crippen MR) is 101 cm³/mol. The fourth-order valence-electron chi connectivity index (χ4n) is 3.43. The van der Waals surface area contributed by atoms with Crippen LogP contribution in [0.5, 0.6) is 0 Å². The largest absolute Gasteiger partial charge is 0.550 e. The number of carbonyl (C=O) groups is 2. The number of hydrogen-bond donors (Lipinski definition) is 2. The Morgan fingerprint density at radius 2 is 1.79 bits per heavy atom. The molecule has 7 nitrogen and oxygen atoms in total. The number of carbonyl (C=O) groups excluding carboxylic acids is 2. The standard InChI is InChI=1S/C20H16N2O5S/c23-18(24)11-16(12-5-2-1-3-6-12)22-28(26,27)17-10-9-15-19-13(17)7-4-8-14(19)20(25)21-15/h1-10,16,22H,11H2,(H,21,25)(H,23,24)/p-1/t16-/m0/s1. The Kier molecular flexibility index (Phi) is 4.37. The van der Waals surface area contributed by atoms with E-state index >= 15 is 0 Å². The zero-order chi connectivity index (χ0) is 19.9. The second kappa shape index (κ2) is 6.74. The molecule has 3 aromatic carbocycles. The Bertz CT molecular complexity index is 1210. The first-order valence-corrected chi connectivity index (χ1v) is 9.99. The molecule has 2 N–H and O–H groups in total.